The first-order valence-electron chi connectivity index (χ1n) is 6.87. The van der Waals surface area contributed by atoms with E-state index in [1.165, 1.54) is 56.9 Å². The second-order valence-electron chi connectivity index (χ2n) is 4.85. The molecule has 0 saturated heterocycles. The maximum atomic E-state index is 12.2. The van der Waals surface area contributed by atoms with E-state index in [0.29, 0.717) is 5.75 Å². The molecule has 0 aliphatic rings. The van der Waals surface area contributed by atoms with Crippen LogP contribution in [0.2, 0.25) is 0 Å². The Morgan fingerprint density at radius 2 is 1.83 bits per heavy atom. The summed E-state index contributed by atoms with van der Waals surface area (Å²) in [5.41, 5.74) is 0.229. The third-order valence-corrected chi connectivity index (χ3v) is 4.49. The molecule has 9 heteroatoms. The Bertz CT molecular complexity index is 812. The van der Waals surface area contributed by atoms with Crippen molar-refractivity contribution in [1.29, 1.82) is 0 Å². The molecule has 8 nitrogen and oxygen atoms in total. The van der Waals surface area contributed by atoms with Crippen molar-refractivity contribution in [1.82, 2.24) is 10.0 Å². The fourth-order valence-corrected chi connectivity index (χ4v) is 2.83. The molecule has 0 radical (unpaired) electrons. The zero-order valence-corrected chi connectivity index (χ0v) is 13.8. The molecule has 128 valence electrons. The SMILES string of the molecule is COc1ccc(S(=O)(=O)NC(=O)[C@H](C)NC(=O)c2ccoc2)cc1. The molecule has 2 rings (SSSR count). The van der Waals surface area contributed by atoms with Crippen molar-refractivity contribution in [3.05, 3.63) is 48.4 Å². The zero-order valence-electron chi connectivity index (χ0n) is 13.0. The molecule has 0 unspecified atom stereocenters. The number of carbonyl (C=O) groups excluding carboxylic acids is 2. The number of sulfonamides is 1. The minimum absolute atomic E-state index is 0.0926. The zero-order chi connectivity index (χ0) is 17.7. The van der Waals surface area contributed by atoms with Gasteiger partial charge < -0.3 is 14.5 Å². The van der Waals surface area contributed by atoms with Crippen molar-refractivity contribution in [2.24, 2.45) is 0 Å². The van der Waals surface area contributed by atoms with Gasteiger partial charge in [0.2, 0.25) is 0 Å². The predicted octanol–water partition coefficient (Wildman–Crippen LogP) is 0.912. The maximum Gasteiger partial charge on any atom is 0.264 e. The van der Waals surface area contributed by atoms with Gasteiger partial charge in [-0.3, -0.25) is 9.59 Å². The Labute approximate surface area is 138 Å². The summed E-state index contributed by atoms with van der Waals surface area (Å²) in [6.07, 6.45) is 2.53. The fourth-order valence-electron chi connectivity index (χ4n) is 1.77. The third kappa shape index (κ3) is 4.13. The number of furan rings is 1. The summed E-state index contributed by atoms with van der Waals surface area (Å²) in [7, 11) is -2.59. The van der Waals surface area contributed by atoms with Gasteiger partial charge in [-0.05, 0) is 37.3 Å². The van der Waals surface area contributed by atoms with E-state index >= 15 is 0 Å². The number of carbonyl (C=O) groups is 2. The molecule has 2 N–H and O–H groups in total. The van der Waals surface area contributed by atoms with Gasteiger partial charge in [-0.25, -0.2) is 13.1 Å². The standard InChI is InChI=1S/C15H16N2O6S/c1-10(16-15(19)11-7-8-23-9-11)14(18)17-24(20,21)13-5-3-12(22-2)4-6-13/h3-10H,1-2H3,(H,16,19)(H,17,18)/t10-/m0/s1. The predicted molar refractivity (Wildman–Crippen MR) is 84.0 cm³/mol. The van der Waals surface area contributed by atoms with Crippen LogP contribution in [0.15, 0.2) is 52.2 Å². The third-order valence-electron chi connectivity index (χ3n) is 3.13. The lowest BCUT2D eigenvalue weighted by atomic mass is 10.2. The lowest BCUT2D eigenvalue weighted by Crippen LogP contribution is -2.46. The normalized spacial score (nSPS) is 12.2. The highest BCUT2D eigenvalue weighted by molar-refractivity contribution is 7.90. The summed E-state index contributed by atoms with van der Waals surface area (Å²) < 4.78 is 35.9. The van der Waals surface area contributed by atoms with Gasteiger partial charge in [0.05, 0.1) is 23.8 Å². The van der Waals surface area contributed by atoms with Crippen molar-refractivity contribution in [3.63, 3.8) is 0 Å². The molecule has 24 heavy (non-hydrogen) atoms. The van der Waals surface area contributed by atoms with Crippen molar-refractivity contribution < 1.29 is 27.2 Å². The Balaban J connectivity index is 2.02. The molecule has 0 bridgehead atoms. The lowest BCUT2D eigenvalue weighted by molar-refractivity contribution is -0.120. The highest BCUT2D eigenvalue weighted by atomic mass is 32.2. The Kier molecular flexibility index (Phi) is 5.24. The Morgan fingerprint density at radius 1 is 1.17 bits per heavy atom. The molecule has 0 fully saturated rings. The highest BCUT2D eigenvalue weighted by Gasteiger charge is 2.23. The molecule has 2 amide bonds. The van der Waals surface area contributed by atoms with E-state index in [4.69, 9.17) is 9.15 Å². The molecule has 0 aliphatic carbocycles. The van der Waals surface area contributed by atoms with Gasteiger partial charge in [0.1, 0.15) is 18.1 Å². The van der Waals surface area contributed by atoms with Crippen LogP contribution in [0, 0.1) is 0 Å². The first-order valence-corrected chi connectivity index (χ1v) is 8.35. The van der Waals surface area contributed by atoms with E-state index in [2.05, 4.69) is 5.32 Å². The minimum atomic E-state index is -4.04. The van der Waals surface area contributed by atoms with E-state index in [1.54, 1.807) is 0 Å². The first-order chi connectivity index (χ1) is 11.3. The van der Waals surface area contributed by atoms with Crippen molar-refractivity contribution in [2.45, 2.75) is 17.9 Å². The fraction of sp³-hybridized carbons (Fsp3) is 0.200. The summed E-state index contributed by atoms with van der Waals surface area (Å²) in [4.78, 5) is 23.7. The van der Waals surface area contributed by atoms with E-state index in [1.807, 2.05) is 4.72 Å². The lowest BCUT2D eigenvalue weighted by Gasteiger charge is -2.14. The van der Waals surface area contributed by atoms with Gasteiger partial charge in [0.25, 0.3) is 21.8 Å². The average Bonchev–Trinajstić information content (AvgIpc) is 3.09. The Hall–Kier alpha value is -2.81. The van der Waals surface area contributed by atoms with Crippen LogP contribution < -0.4 is 14.8 Å². The number of nitrogens with one attached hydrogen (secondary N) is 2. The van der Waals surface area contributed by atoms with Crippen LogP contribution >= 0.6 is 0 Å². The van der Waals surface area contributed by atoms with Gasteiger partial charge >= 0.3 is 0 Å². The smallest absolute Gasteiger partial charge is 0.264 e. The number of methoxy groups -OCH3 is 1. The summed E-state index contributed by atoms with van der Waals surface area (Å²) in [5.74, 6) is -0.920. The second-order valence-corrected chi connectivity index (χ2v) is 6.53. The summed E-state index contributed by atoms with van der Waals surface area (Å²) in [5, 5.41) is 2.38. The number of rotatable bonds is 6. The molecule has 0 aliphatic heterocycles. The van der Waals surface area contributed by atoms with Crippen LogP contribution in [0.4, 0.5) is 0 Å². The number of hydrogen-bond donors (Lipinski definition) is 2. The summed E-state index contributed by atoms with van der Waals surface area (Å²) in [6.45, 7) is 1.37. The molecular weight excluding hydrogens is 336 g/mol. The number of benzene rings is 1. The van der Waals surface area contributed by atoms with Gasteiger partial charge in [-0.2, -0.15) is 0 Å². The van der Waals surface area contributed by atoms with E-state index < -0.39 is 27.9 Å². The summed E-state index contributed by atoms with van der Waals surface area (Å²) >= 11 is 0. The van der Waals surface area contributed by atoms with E-state index in [9.17, 15) is 18.0 Å². The van der Waals surface area contributed by atoms with Gasteiger partial charge in [0, 0.05) is 0 Å². The van der Waals surface area contributed by atoms with Crippen molar-refractivity contribution >= 4 is 21.8 Å². The van der Waals surface area contributed by atoms with Crippen LogP contribution in [0.3, 0.4) is 0 Å². The topological polar surface area (TPSA) is 115 Å². The number of hydrogen-bond acceptors (Lipinski definition) is 6. The van der Waals surface area contributed by atoms with Crippen LogP contribution in [0.5, 0.6) is 5.75 Å². The highest BCUT2D eigenvalue weighted by Crippen LogP contribution is 2.15. The van der Waals surface area contributed by atoms with Crippen LogP contribution in [-0.2, 0) is 14.8 Å². The largest absolute Gasteiger partial charge is 0.497 e. The van der Waals surface area contributed by atoms with E-state index in [0.717, 1.165) is 0 Å². The molecule has 0 spiro atoms. The van der Waals surface area contributed by atoms with Gasteiger partial charge in [-0.1, -0.05) is 0 Å². The van der Waals surface area contributed by atoms with Crippen LogP contribution in [-0.4, -0.2) is 33.4 Å². The Morgan fingerprint density at radius 3 is 2.38 bits per heavy atom. The molecule has 2 aromatic rings. The first kappa shape index (κ1) is 17.5. The molecule has 1 heterocycles. The monoisotopic (exact) mass is 352 g/mol. The maximum absolute atomic E-state index is 12.2. The average molecular weight is 352 g/mol. The van der Waals surface area contributed by atoms with Gasteiger partial charge in [-0.15, -0.1) is 0 Å². The molecule has 0 saturated carbocycles. The van der Waals surface area contributed by atoms with Gasteiger partial charge in [0.15, 0.2) is 0 Å². The van der Waals surface area contributed by atoms with Crippen LogP contribution in [0.25, 0.3) is 0 Å². The molecule has 1 aromatic heterocycles. The second kappa shape index (κ2) is 7.18. The van der Waals surface area contributed by atoms with E-state index in [-0.39, 0.29) is 10.5 Å². The molecule has 1 atom stereocenters. The van der Waals surface area contributed by atoms with Crippen molar-refractivity contribution in [3.8, 4) is 5.75 Å². The molecule has 1 aromatic carbocycles. The molecular formula is C15H16N2O6S. The van der Waals surface area contributed by atoms with Crippen molar-refractivity contribution in [2.75, 3.05) is 7.11 Å². The minimum Gasteiger partial charge on any atom is -0.497 e. The number of amides is 2. The quantitative estimate of drug-likeness (QED) is 0.799. The summed E-state index contributed by atoms with van der Waals surface area (Å²) in [6, 6.07) is 5.91. The van der Waals surface area contributed by atoms with Crippen LogP contribution in [0.1, 0.15) is 17.3 Å². The number of ether oxygens (including phenoxy) is 1.